The Morgan fingerprint density at radius 1 is 1.29 bits per heavy atom. The van der Waals surface area contributed by atoms with Crippen molar-refractivity contribution in [3.63, 3.8) is 0 Å². The van der Waals surface area contributed by atoms with Crippen molar-refractivity contribution in [3.8, 4) is 0 Å². The van der Waals surface area contributed by atoms with Gasteiger partial charge in [-0.25, -0.2) is 4.39 Å². The van der Waals surface area contributed by atoms with Gasteiger partial charge in [-0.05, 0) is 50.0 Å². The zero-order valence-electron chi connectivity index (χ0n) is 8.54. The zero-order chi connectivity index (χ0) is 9.97. The lowest BCUT2D eigenvalue weighted by atomic mass is 9.91. The number of benzene rings is 1. The van der Waals surface area contributed by atoms with Gasteiger partial charge in [0.25, 0.3) is 0 Å². The van der Waals surface area contributed by atoms with Crippen LogP contribution in [0.15, 0.2) is 24.3 Å². The molecule has 14 heavy (non-hydrogen) atoms. The molecular weight excluding hydrogens is 177 g/mol. The number of rotatable bonds is 1. The molecule has 1 aromatic carbocycles. The van der Waals surface area contributed by atoms with Gasteiger partial charge in [-0.3, -0.25) is 0 Å². The van der Waals surface area contributed by atoms with Crippen molar-refractivity contribution in [3.05, 3.63) is 35.6 Å². The van der Waals surface area contributed by atoms with Gasteiger partial charge in [-0.15, -0.1) is 0 Å². The second-order valence-electron chi connectivity index (χ2n) is 4.15. The van der Waals surface area contributed by atoms with Crippen molar-refractivity contribution in [2.45, 2.75) is 18.8 Å². The fourth-order valence-corrected chi connectivity index (χ4v) is 2.17. The van der Waals surface area contributed by atoms with Gasteiger partial charge in [-0.2, -0.15) is 0 Å². The lowest BCUT2D eigenvalue weighted by Gasteiger charge is -2.29. The Balaban J connectivity index is 2.10. The minimum atomic E-state index is -0.141. The Morgan fingerprint density at radius 2 is 2.00 bits per heavy atom. The molecule has 0 N–H and O–H groups in total. The van der Waals surface area contributed by atoms with E-state index in [-0.39, 0.29) is 5.82 Å². The highest BCUT2D eigenvalue weighted by molar-refractivity contribution is 5.21. The van der Waals surface area contributed by atoms with E-state index in [0.29, 0.717) is 5.92 Å². The Bertz CT molecular complexity index is 294. The molecule has 0 aromatic heterocycles. The summed E-state index contributed by atoms with van der Waals surface area (Å²) in [6, 6.07) is 6.95. The van der Waals surface area contributed by atoms with Crippen LogP contribution in [0.1, 0.15) is 24.3 Å². The van der Waals surface area contributed by atoms with Crippen molar-refractivity contribution in [1.82, 2.24) is 4.90 Å². The van der Waals surface area contributed by atoms with Crippen LogP contribution >= 0.6 is 0 Å². The fourth-order valence-electron chi connectivity index (χ4n) is 2.17. The molecule has 2 rings (SSSR count). The Labute approximate surface area is 84.5 Å². The fraction of sp³-hybridized carbons (Fsp3) is 0.500. The molecule has 0 radical (unpaired) electrons. The summed E-state index contributed by atoms with van der Waals surface area (Å²) >= 11 is 0. The molecule has 76 valence electrons. The monoisotopic (exact) mass is 193 g/mol. The number of halogens is 1. The third-order valence-corrected chi connectivity index (χ3v) is 2.97. The van der Waals surface area contributed by atoms with Crippen LogP contribution in [-0.4, -0.2) is 25.0 Å². The van der Waals surface area contributed by atoms with Crippen LogP contribution in [0.25, 0.3) is 0 Å². The molecular formula is C12H16FN. The van der Waals surface area contributed by atoms with Crippen molar-refractivity contribution in [2.24, 2.45) is 0 Å². The lowest BCUT2D eigenvalue weighted by molar-refractivity contribution is 0.251. The predicted molar refractivity (Wildman–Crippen MR) is 55.9 cm³/mol. The highest BCUT2D eigenvalue weighted by Crippen LogP contribution is 2.25. The molecule has 1 saturated heterocycles. The van der Waals surface area contributed by atoms with Crippen LogP contribution in [0.2, 0.25) is 0 Å². The number of hydrogen-bond acceptors (Lipinski definition) is 1. The van der Waals surface area contributed by atoms with Crippen LogP contribution in [0.5, 0.6) is 0 Å². The highest BCUT2D eigenvalue weighted by Gasteiger charge is 2.18. The second kappa shape index (κ2) is 4.09. The van der Waals surface area contributed by atoms with E-state index >= 15 is 0 Å². The van der Waals surface area contributed by atoms with Crippen LogP contribution < -0.4 is 0 Å². The summed E-state index contributed by atoms with van der Waals surface area (Å²) in [5.41, 5.74) is 1.28. The minimum Gasteiger partial charge on any atom is -0.306 e. The first-order valence-electron chi connectivity index (χ1n) is 5.20. The van der Waals surface area contributed by atoms with E-state index in [1.165, 1.54) is 24.9 Å². The number of likely N-dealkylation sites (N-methyl/N-ethyl adjacent to an activating group) is 1. The Kier molecular flexibility index (Phi) is 2.82. The summed E-state index contributed by atoms with van der Waals surface area (Å²) in [4.78, 5) is 2.34. The summed E-state index contributed by atoms with van der Waals surface area (Å²) in [5, 5.41) is 0. The molecule has 0 amide bonds. The molecule has 0 saturated carbocycles. The standard InChI is InChI=1S/C12H16FN/c1-14-8-2-3-11(9-14)10-4-6-12(13)7-5-10/h4-7,11H,2-3,8-9H2,1H3. The van der Waals surface area contributed by atoms with Crippen LogP contribution in [-0.2, 0) is 0 Å². The van der Waals surface area contributed by atoms with E-state index in [4.69, 9.17) is 0 Å². The smallest absolute Gasteiger partial charge is 0.123 e. The van der Waals surface area contributed by atoms with Gasteiger partial charge >= 0.3 is 0 Å². The van der Waals surface area contributed by atoms with E-state index < -0.39 is 0 Å². The number of piperidine rings is 1. The normalized spacial score (nSPS) is 23.7. The maximum atomic E-state index is 12.7. The van der Waals surface area contributed by atoms with Crippen LogP contribution in [0.4, 0.5) is 4.39 Å². The van der Waals surface area contributed by atoms with Gasteiger partial charge in [0.2, 0.25) is 0 Å². The van der Waals surface area contributed by atoms with Crippen molar-refractivity contribution >= 4 is 0 Å². The molecule has 0 spiro atoms. The predicted octanol–water partition coefficient (Wildman–Crippen LogP) is 2.63. The van der Waals surface area contributed by atoms with Gasteiger partial charge in [0.1, 0.15) is 5.82 Å². The van der Waals surface area contributed by atoms with Gasteiger partial charge in [0, 0.05) is 6.54 Å². The molecule has 2 heteroatoms. The van der Waals surface area contributed by atoms with E-state index in [1.807, 2.05) is 12.1 Å². The summed E-state index contributed by atoms with van der Waals surface area (Å²) < 4.78 is 12.7. The van der Waals surface area contributed by atoms with E-state index in [1.54, 1.807) is 12.1 Å². The van der Waals surface area contributed by atoms with Gasteiger partial charge in [0.05, 0.1) is 0 Å². The van der Waals surface area contributed by atoms with Crippen LogP contribution in [0, 0.1) is 5.82 Å². The third-order valence-electron chi connectivity index (χ3n) is 2.97. The van der Waals surface area contributed by atoms with E-state index in [2.05, 4.69) is 11.9 Å². The largest absolute Gasteiger partial charge is 0.306 e. The third kappa shape index (κ3) is 2.13. The minimum absolute atomic E-state index is 0.141. The highest BCUT2D eigenvalue weighted by atomic mass is 19.1. The van der Waals surface area contributed by atoms with Crippen molar-refractivity contribution in [1.29, 1.82) is 0 Å². The molecule has 1 aliphatic rings. The second-order valence-corrected chi connectivity index (χ2v) is 4.15. The van der Waals surface area contributed by atoms with Gasteiger partial charge in [0.15, 0.2) is 0 Å². The van der Waals surface area contributed by atoms with E-state index in [9.17, 15) is 4.39 Å². The molecule has 1 aromatic rings. The molecule has 0 bridgehead atoms. The topological polar surface area (TPSA) is 3.24 Å². The molecule has 1 heterocycles. The summed E-state index contributed by atoms with van der Waals surface area (Å²) in [5.74, 6) is 0.451. The maximum absolute atomic E-state index is 12.7. The van der Waals surface area contributed by atoms with Crippen molar-refractivity contribution in [2.75, 3.05) is 20.1 Å². The first-order valence-corrected chi connectivity index (χ1v) is 5.20. The average molecular weight is 193 g/mol. The molecule has 1 atom stereocenters. The van der Waals surface area contributed by atoms with E-state index in [0.717, 1.165) is 6.54 Å². The summed E-state index contributed by atoms with van der Waals surface area (Å²) in [6.45, 7) is 2.29. The zero-order valence-corrected chi connectivity index (χ0v) is 8.54. The first kappa shape index (κ1) is 9.66. The summed E-state index contributed by atoms with van der Waals surface area (Å²) in [7, 11) is 2.15. The number of hydrogen-bond donors (Lipinski definition) is 0. The molecule has 1 unspecified atom stereocenters. The van der Waals surface area contributed by atoms with Gasteiger partial charge < -0.3 is 4.90 Å². The van der Waals surface area contributed by atoms with Crippen LogP contribution in [0.3, 0.4) is 0 Å². The Morgan fingerprint density at radius 3 is 2.64 bits per heavy atom. The molecule has 1 fully saturated rings. The summed E-state index contributed by atoms with van der Waals surface area (Å²) in [6.07, 6.45) is 2.48. The molecule has 0 aliphatic carbocycles. The van der Waals surface area contributed by atoms with Gasteiger partial charge in [-0.1, -0.05) is 12.1 Å². The Hall–Kier alpha value is -0.890. The maximum Gasteiger partial charge on any atom is 0.123 e. The number of likely N-dealkylation sites (tertiary alicyclic amines) is 1. The van der Waals surface area contributed by atoms with Crippen molar-refractivity contribution < 1.29 is 4.39 Å². The SMILES string of the molecule is CN1CCCC(c2ccc(F)cc2)C1. The molecule has 1 nitrogen and oxygen atoms in total. The quantitative estimate of drug-likeness (QED) is 0.662. The first-order chi connectivity index (χ1) is 6.75. The lowest BCUT2D eigenvalue weighted by Crippen LogP contribution is -2.30. The molecule has 1 aliphatic heterocycles. The average Bonchev–Trinajstić information content (AvgIpc) is 2.19. The number of nitrogens with zero attached hydrogens (tertiary/aromatic N) is 1.